The van der Waals surface area contributed by atoms with Crippen LogP contribution >= 0.6 is 0 Å². The molecule has 1 aromatic carbocycles. The Balaban J connectivity index is 1.29. The zero-order valence-corrected chi connectivity index (χ0v) is 24.8. The van der Waals surface area contributed by atoms with Gasteiger partial charge in [-0.05, 0) is 55.4 Å². The quantitative estimate of drug-likeness (QED) is 0.277. The van der Waals surface area contributed by atoms with E-state index in [1.807, 2.05) is 7.11 Å². The summed E-state index contributed by atoms with van der Waals surface area (Å²) in [4.78, 5) is 21.8. The zero-order chi connectivity index (χ0) is 29.8. The lowest BCUT2D eigenvalue weighted by Crippen LogP contribution is -2.65. The number of anilines is 2. The lowest BCUT2D eigenvalue weighted by molar-refractivity contribution is -0.137. The van der Waals surface area contributed by atoms with Crippen molar-refractivity contribution in [1.82, 2.24) is 19.9 Å². The van der Waals surface area contributed by atoms with Crippen molar-refractivity contribution in [3.8, 4) is 11.4 Å². The molecule has 2 saturated carbocycles. The van der Waals surface area contributed by atoms with Gasteiger partial charge in [-0.3, -0.25) is 0 Å². The predicted molar refractivity (Wildman–Crippen MR) is 159 cm³/mol. The summed E-state index contributed by atoms with van der Waals surface area (Å²) in [6, 6.07) is 8.83. The molecule has 0 radical (unpaired) electrons. The Morgan fingerprint density at radius 1 is 1.14 bits per heavy atom. The van der Waals surface area contributed by atoms with Gasteiger partial charge in [-0.2, -0.15) is 13.2 Å². The second kappa shape index (κ2) is 9.17. The van der Waals surface area contributed by atoms with Gasteiger partial charge in [0.25, 0.3) is 0 Å². The Kier molecular flexibility index (Phi) is 5.74. The Bertz CT molecular complexity index is 1760. The minimum absolute atomic E-state index is 0.00471. The van der Waals surface area contributed by atoms with E-state index >= 15 is 0 Å². The van der Waals surface area contributed by atoms with Crippen LogP contribution in [0.1, 0.15) is 67.0 Å². The van der Waals surface area contributed by atoms with Crippen LogP contribution in [-0.4, -0.2) is 51.3 Å². The summed E-state index contributed by atoms with van der Waals surface area (Å²) >= 11 is 0. The van der Waals surface area contributed by atoms with E-state index in [9.17, 15) is 13.2 Å². The van der Waals surface area contributed by atoms with E-state index in [0.717, 1.165) is 49.1 Å². The number of ether oxygens (including phenoxy) is 1. The van der Waals surface area contributed by atoms with Gasteiger partial charge < -0.3 is 19.5 Å². The van der Waals surface area contributed by atoms with E-state index in [2.05, 4.69) is 58.7 Å². The number of nitrogens with one attached hydrogen (secondary N) is 1. The lowest BCUT2D eigenvalue weighted by Gasteiger charge is -2.57. The van der Waals surface area contributed by atoms with Crippen molar-refractivity contribution >= 4 is 22.5 Å². The van der Waals surface area contributed by atoms with Crippen LogP contribution in [0.5, 0.6) is 0 Å². The molecule has 4 atom stereocenters. The maximum absolute atomic E-state index is 14.4. The Hall–Kier alpha value is -3.66. The second-order valence-electron chi connectivity index (χ2n) is 13.1. The molecule has 4 aromatic rings. The number of hydrogen-bond acceptors (Lipinski definition) is 6. The van der Waals surface area contributed by atoms with Gasteiger partial charge in [0.05, 0.1) is 16.9 Å². The minimum atomic E-state index is -4.60. The van der Waals surface area contributed by atoms with Crippen LogP contribution in [-0.2, 0) is 23.9 Å². The highest BCUT2D eigenvalue weighted by Gasteiger charge is 2.69. The summed E-state index contributed by atoms with van der Waals surface area (Å²) in [5.74, 6) is 1.74. The highest BCUT2D eigenvalue weighted by molar-refractivity contribution is 5.93. The van der Waals surface area contributed by atoms with Crippen LogP contribution in [0.15, 0.2) is 36.7 Å². The fraction of sp³-hybridized carbons (Fsp3) is 0.485. The smallest absolute Gasteiger partial charge is 0.378 e. The molecule has 10 heteroatoms. The number of H-pyrrole nitrogens is 1. The molecule has 4 aliphatic rings. The maximum Gasteiger partial charge on any atom is 0.418 e. The first-order valence-corrected chi connectivity index (χ1v) is 15.2. The minimum Gasteiger partial charge on any atom is -0.378 e. The lowest BCUT2D eigenvalue weighted by atomic mass is 9.66. The first kappa shape index (κ1) is 26.9. The molecule has 43 heavy (non-hydrogen) atoms. The topological polar surface area (TPSA) is 70.2 Å². The summed E-state index contributed by atoms with van der Waals surface area (Å²) in [7, 11) is 1.81. The van der Waals surface area contributed by atoms with Crippen molar-refractivity contribution < 1.29 is 17.9 Å². The van der Waals surface area contributed by atoms with Crippen LogP contribution < -0.4 is 9.80 Å². The SMILES string of the molecule is CO[C@@]12C[C@H]3CC1[C@@H](C2)N3c1nc(-c2c(C(F)(F)F)cnc3[nH]ccc23)nc2c1CN(c1cc(C(C)C)ccc1C)CC2. The molecule has 7 nitrogen and oxygen atoms in total. The number of piperidine rings is 2. The molecule has 0 spiro atoms. The van der Waals surface area contributed by atoms with E-state index in [0.29, 0.717) is 35.8 Å². The van der Waals surface area contributed by atoms with Crippen LogP contribution in [0.3, 0.4) is 0 Å². The van der Waals surface area contributed by atoms with Crippen LogP contribution in [0.25, 0.3) is 22.4 Å². The van der Waals surface area contributed by atoms with Gasteiger partial charge in [0.1, 0.15) is 11.5 Å². The standard InChI is InChI=1S/C33H35F3N6O/c1-17(2)19-6-5-18(3)26(11-19)41-10-8-25-22(16-41)31(42-20-12-23-27(42)14-32(23,13-20)43-4)40-30(39-25)28-21-7-9-37-29(21)38-15-24(28)33(34,35)36/h5-7,9,11,15,17,20,23,27H,8,10,12-14,16H2,1-4H3,(H,37,38)/t20-,23?,27-,32-/m1/s1. The second-order valence-corrected chi connectivity index (χ2v) is 13.1. The molecule has 224 valence electrons. The van der Waals surface area contributed by atoms with E-state index in [4.69, 9.17) is 14.7 Å². The van der Waals surface area contributed by atoms with Crippen molar-refractivity contribution in [2.24, 2.45) is 5.92 Å². The normalized spacial score (nSPS) is 26.0. The molecule has 8 rings (SSSR count). The zero-order valence-electron chi connectivity index (χ0n) is 24.8. The summed E-state index contributed by atoms with van der Waals surface area (Å²) in [6.07, 6.45) is 1.41. The fourth-order valence-corrected chi connectivity index (χ4v) is 8.36. The van der Waals surface area contributed by atoms with E-state index in [1.54, 1.807) is 12.3 Å². The van der Waals surface area contributed by atoms with Gasteiger partial charge in [0.15, 0.2) is 5.82 Å². The Morgan fingerprint density at radius 3 is 2.70 bits per heavy atom. The molecule has 3 aromatic heterocycles. The molecular formula is C33H35F3N6O. The van der Waals surface area contributed by atoms with Gasteiger partial charge in [0, 0.05) is 79.2 Å². The van der Waals surface area contributed by atoms with Crippen molar-refractivity contribution in [3.63, 3.8) is 0 Å². The third-order valence-electron chi connectivity index (χ3n) is 10.6. The van der Waals surface area contributed by atoms with Gasteiger partial charge in [-0.15, -0.1) is 0 Å². The number of aromatic amines is 1. The van der Waals surface area contributed by atoms with Crippen molar-refractivity contribution in [3.05, 3.63) is 64.6 Å². The molecule has 5 heterocycles. The summed E-state index contributed by atoms with van der Waals surface area (Å²) < 4.78 is 49.2. The average molecular weight is 589 g/mol. The molecule has 3 fully saturated rings. The number of aromatic nitrogens is 4. The van der Waals surface area contributed by atoms with Gasteiger partial charge in [0.2, 0.25) is 0 Å². The highest BCUT2D eigenvalue weighted by atomic mass is 19.4. The Labute approximate surface area is 248 Å². The third-order valence-corrected chi connectivity index (χ3v) is 10.6. The predicted octanol–water partition coefficient (Wildman–Crippen LogP) is 6.79. The molecular weight excluding hydrogens is 553 g/mol. The van der Waals surface area contributed by atoms with Gasteiger partial charge in [-0.25, -0.2) is 15.0 Å². The number of aryl methyl sites for hydroxylation is 1. The molecule has 0 amide bonds. The molecule has 2 aliphatic heterocycles. The van der Waals surface area contributed by atoms with Crippen LogP contribution in [0.2, 0.25) is 0 Å². The number of alkyl halides is 3. The third kappa shape index (κ3) is 3.87. The summed E-state index contributed by atoms with van der Waals surface area (Å²) in [5, 5.41) is 0.379. The van der Waals surface area contributed by atoms with Crippen molar-refractivity contribution in [2.75, 3.05) is 23.5 Å². The van der Waals surface area contributed by atoms with Crippen molar-refractivity contribution in [1.29, 1.82) is 0 Å². The number of hydrogen-bond donors (Lipinski definition) is 1. The van der Waals surface area contributed by atoms with Crippen molar-refractivity contribution in [2.45, 2.75) is 82.8 Å². The molecule has 2 aliphatic carbocycles. The number of methoxy groups -OCH3 is 1. The number of pyridine rings is 1. The first-order chi connectivity index (χ1) is 20.6. The Morgan fingerprint density at radius 2 is 1.98 bits per heavy atom. The molecule has 1 saturated heterocycles. The van der Waals surface area contributed by atoms with E-state index in [-0.39, 0.29) is 29.1 Å². The van der Waals surface area contributed by atoms with E-state index < -0.39 is 11.7 Å². The van der Waals surface area contributed by atoms with E-state index in [1.165, 1.54) is 16.8 Å². The molecule has 1 unspecified atom stereocenters. The summed E-state index contributed by atoms with van der Waals surface area (Å²) in [5.41, 5.74) is 5.06. The monoisotopic (exact) mass is 588 g/mol. The fourth-order valence-electron chi connectivity index (χ4n) is 8.36. The largest absolute Gasteiger partial charge is 0.418 e. The number of halogens is 3. The molecule has 2 bridgehead atoms. The summed E-state index contributed by atoms with van der Waals surface area (Å²) in [6.45, 7) is 7.88. The number of rotatable bonds is 5. The maximum atomic E-state index is 14.4. The van der Waals surface area contributed by atoms with Crippen LogP contribution in [0, 0.1) is 12.8 Å². The first-order valence-electron chi connectivity index (χ1n) is 15.2. The number of nitrogens with zero attached hydrogens (tertiary/aromatic N) is 5. The van der Waals surface area contributed by atoms with Gasteiger partial charge >= 0.3 is 6.18 Å². The molecule has 1 N–H and O–H groups in total. The van der Waals surface area contributed by atoms with Gasteiger partial charge in [-0.1, -0.05) is 26.0 Å². The number of fused-ring (bicyclic) bond motifs is 3. The highest BCUT2D eigenvalue weighted by Crippen LogP contribution is 2.63. The average Bonchev–Trinajstić information content (AvgIpc) is 3.65. The van der Waals surface area contributed by atoms with Crippen LogP contribution in [0.4, 0.5) is 24.7 Å². The number of benzene rings is 1.